The van der Waals surface area contributed by atoms with E-state index in [4.69, 9.17) is 4.74 Å². The minimum Gasteiger partial charge on any atom is -0.447 e. The van der Waals surface area contributed by atoms with Gasteiger partial charge in [-0.1, -0.05) is 18.2 Å². The van der Waals surface area contributed by atoms with E-state index in [9.17, 15) is 9.59 Å². The Morgan fingerprint density at radius 2 is 2.07 bits per heavy atom. The summed E-state index contributed by atoms with van der Waals surface area (Å²) in [5.41, 5.74) is 4.30. The SMILES string of the molecule is Cc1cc(C2CC2)ccc1C12CC1CN(C(=O)[C@H]1C[C@]3(COC(=O)N3)C1)C2. The fourth-order valence-electron chi connectivity index (χ4n) is 6.01. The Kier molecular flexibility index (Phi) is 2.99. The average molecular weight is 366 g/mol. The molecule has 5 fully saturated rings. The first-order valence-corrected chi connectivity index (χ1v) is 10.3. The molecule has 2 unspecified atom stereocenters. The lowest BCUT2D eigenvalue weighted by atomic mass is 9.68. The van der Waals surface area contributed by atoms with Crippen LogP contribution in [0, 0.1) is 18.8 Å². The number of benzene rings is 1. The molecule has 2 heterocycles. The van der Waals surface area contributed by atoms with Crippen LogP contribution in [0.15, 0.2) is 18.2 Å². The maximum atomic E-state index is 13.0. The van der Waals surface area contributed by atoms with Crippen LogP contribution in [-0.4, -0.2) is 42.1 Å². The zero-order valence-electron chi connectivity index (χ0n) is 15.8. The number of cyclic esters (lactones) is 1. The summed E-state index contributed by atoms with van der Waals surface area (Å²) in [6.45, 7) is 4.42. The molecule has 5 nitrogen and oxygen atoms in total. The van der Waals surface area contributed by atoms with Crippen LogP contribution in [0.1, 0.15) is 54.7 Å². The van der Waals surface area contributed by atoms with Crippen LogP contribution in [0.3, 0.4) is 0 Å². The molecule has 1 aromatic carbocycles. The summed E-state index contributed by atoms with van der Waals surface area (Å²) < 4.78 is 5.03. The number of hydrogen-bond acceptors (Lipinski definition) is 3. The molecule has 27 heavy (non-hydrogen) atoms. The van der Waals surface area contributed by atoms with Gasteiger partial charge in [-0.15, -0.1) is 0 Å². The molecule has 2 aliphatic heterocycles. The van der Waals surface area contributed by atoms with Crippen LogP contribution in [0.25, 0.3) is 0 Å². The number of aryl methyl sites for hydroxylation is 1. The van der Waals surface area contributed by atoms with E-state index in [0.717, 1.165) is 31.8 Å². The maximum absolute atomic E-state index is 13.0. The van der Waals surface area contributed by atoms with Crippen molar-refractivity contribution in [3.05, 3.63) is 34.9 Å². The van der Waals surface area contributed by atoms with Gasteiger partial charge in [-0.2, -0.15) is 0 Å². The van der Waals surface area contributed by atoms with E-state index < -0.39 is 0 Å². The number of nitrogens with one attached hydrogen (secondary N) is 1. The molecule has 6 rings (SSSR count). The lowest BCUT2D eigenvalue weighted by molar-refractivity contribution is -0.140. The fraction of sp³-hybridized carbons (Fsp3) is 0.636. The minimum atomic E-state index is -0.340. The molecule has 2 saturated heterocycles. The van der Waals surface area contributed by atoms with Crippen molar-refractivity contribution in [2.24, 2.45) is 11.8 Å². The number of amides is 2. The topological polar surface area (TPSA) is 58.6 Å². The molecular weight excluding hydrogens is 340 g/mol. The molecule has 0 aromatic heterocycles. The van der Waals surface area contributed by atoms with Crippen molar-refractivity contribution in [2.45, 2.75) is 55.9 Å². The third-order valence-corrected chi connectivity index (χ3v) is 7.76. The Labute approximate surface area is 159 Å². The van der Waals surface area contributed by atoms with Crippen LogP contribution in [0.4, 0.5) is 4.79 Å². The van der Waals surface area contributed by atoms with Crippen molar-refractivity contribution < 1.29 is 14.3 Å². The Morgan fingerprint density at radius 3 is 2.74 bits per heavy atom. The third kappa shape index (κ3) is 2.29. The predicted octanol–water partition coefficient (Wildman–Crippen LogP) is 2.86. The van der Waals surface area contributed by atoms with E-state index in [-0.39, 0.29) is 28.9 Å². The predicted molar refractivity (Wildman–Crippen MR) is 99.5 cm³/mol. The van der Waals surface area contributed by atoms with Crippen molar-refractivity contribution in [3.63, 3.8) is 0 Å². The highest BCUT2D eigenvalue weighted by atomic mass is 16.6. The number of fused-ring (bicyclic) bond motifs is 1. The van der Waals surface area contributed by atoms with Crippen LogP contribution in [0.5, 0.6) is 0 Å². The van der Waals surface area contributed by atoms with Gasteiger partial charge in [-0.3, -0.25) is 4.79 Å². The molecule has 1 N–H and O–H groups in total. The van der Waals surface area contributed by atoms with Gasteiger partial charge in [0.1, 0.15) is 6.61 Å². The molecular formula is C22H26N2O3. The van der Waals surface area contributed by atoms with Crippen molar-refractivity contribution in [1.82, 2.24) is 10.2 Å². The highest BCUT2D eigenvalue weighted by Crippen LogP contribution is 2.60. The zero-order valence-corrected chi connectivity index (χ0v) is 15.8. The van der Waals surface area contributed by atoms with Gasteiger partial charge in [0.2, 0.25) is 5.91 Å². The zero-order chi connectivity index (χ0) is 18.4. The first-order chi connectivity index (χ1) is 13.0. The molecule has 142 valence electrons. The molecule has 5 aliphatic rings. The van der Waals surface area contributed by atoms with Gasteiger partial charge in [-0.25, -0.2) is 4.79 Å². The summed E-state index contributed by atoms with van der Waals surface area (Å²) in [5, 5.41) is 2.89. The van der Waals surface area contributed by atoms with Gasteiger partial charge < -0.3 is 15.0 Å². The van der Waals surface area contributed by atoms with E-state index in [1.54, 1.807) is 0 Å². The van der Waals surface area contributed by atoms with Gasteiger partial charge >= 0.3 is 6.09 Å². The molecule has 1 spiro atoms. The monoisotopic (exact) mass is 366 g/mol. The van der Waals surface area contributed by atoms with Gasteiger partial charge in [0, 0.05) is 24.4 Å². The summed E-state index contributed by atoms with van der Waals surface area (Å²) in [6, 6.07) is 7.06. The summed E-state index contributed by atoms with van der Waals surface area (Å²) in [6.07, 6.45) is 5.00. The van der Waals surface area contributed by atoms with Crippen LogP contribution in [0.2, 0.25) is 0 Å². The number of hydrogen-bond donors (Lipinski definition) is 1. The average Bonchev–Trinajstić information content (AvgIpc) is 3.51. The van der Waals surface area contributed by atoms with Crippen LogP contribution in [-0.2, 0) is 14.9 Å². The molecule has 3 saturated carbocycles. The largest absolute Gasteiger partial charge is 0.447 e. The molecule has 0 bridgehead atoms. The highest BCUT2D eigenvalue weighted by Gasteiger charge is 2.63. The van der Waals surface area contributed by atoms with E-state index in [1.807, 2.05) is 0 Å². The van der Waals surface area contributed by atoms with Crippen molar-refractivity contribution in [1.29, 1.82) is 0 Å². The maximum Gasteiger partial charge on any atom is 0.407 e. The van der Waals surface area contributed by atoms with Crippen molar-refractivity contribution in [2.75, 3.05) is 19.7 Å². The minimum absolute atomic E-state index is 0.0416. The summed E-state index contributed by atoms with van der Waals surface area (Å²) in [4.78, 5) is 26.4. The second-order valence-electron chi connectivity index (χ2n) is 9.71. The Bertz CT molecular complexity index is 855. The quantitative estimate of drug-likeness (QED) is 0.895. The van der Waals surface area contributed by atoms with Crippen LogP contribution >= 0.6 is 0 Å². The standard InChI is InChI=1S/C22H26N2O3/c1-13-6-15(14-2-3-14)4-5-18(13)22-9-17(22)10-24(11-22)19(25)16-7-21(8-16)12-27-20(26)23-21/h4-6,14,16-17H,2-3,7-12H2,1H3,(H,23,26)/t16-,17?,21+,22?. The van der Waals surface area contributed by atoms with Crippen LogP contribution < -0.4 is 5.32 Å². The van der Waals surface area contributed by atoms with Gasteiger partial charge in [0.05, 0.1) is 5.54 Å². The molecule has 3 aliphatic carbocycles. The number of likely N-dealkylation sites (tertiary alicyclic amines) is 1. The number of ether oxygens (including phenoxy) is 1. The van der Waals surface area contributed by atoms with Gasteiger partial charge in [0.15, 0.2) is 0 Å². The number of nitrogens with zero attached hydrogens (tertiary/aromatic N) is 1. The highest BCUT2D eigenvalue weighted by molar-refractivity contribution is 5.82. The lowest BCUT2D eigenvalue weighted by Gasteiger charge is -2.43. The lowest BCUT2D eigenvalue weighted by Crippen LogP contribution is -2.58. The van der Waals surface area contributed by atoms with Crippen molar-refractivity contribution in [3.8, 4) is 0 Å². The summed E-state index contributed by atoms with van der Waals surface area (Å²) in [7, 11) is 0. The smallest absolute Gasteiger partial charge is 0.407 e. The first-order valence-electron chi connectivity index (χ1n) is 10.3. The molecule has 5 heteroatoms. The summed E-state index contributed by atoms with van der Waals surface area (Å²) in [5.74, 6) is 1.73. The number of alkyl carbamates (subject to hydrolysis) is 1. The Balaban J connectivity index is 1.15. The number of piperidine rings is 1. The normalized spacial score (nSPS) is 39.0. The molecule has 1 aromatic rings. The third-order valence-electron chi connectivity index (χ3n) is 7.76. The number of rotatable bonds is 3. The second-order valence-corrected chi connectivity index (χ2v) is 9.71. The second kappa shape index (κ2) is 5.06. The number of carbonyl (C=O) groups is 2. The van der Waals surface area contributed by atoms with E-state index in [2.05, 4.69) is 35.3 Å². The molecule has 2 atom stereocenters. The fourth-order valence-corrected chi connectivity index (χ4v) is 6.01. The first kappa shape index (κ1) is 16.0. The van der Waals surface area contributed by atoms with E-state index >= 15 is 0 Å². The van der Waals surface area contributed by atoms with E-state index in [1.165, 1.54) is 36.0 Å². The molecule has 2 amide bonds. The Hall–Kier alpha value is -2.04. The number of carbonyl (C=O) groups excluding carboxylic acids is 2. The summed E-state index contributed by atoms with van der Waals surface area (Å²) >= 11 is 0. The van der Waals surface area contributed by atoms with E-state index in [0.29, 0.717) is 12.5 Å². The van der Waals surface area contributed by atoms with Crippen molar-refractivity contribution >= 4 is 12.0 Å². The molecule has 0 radical (unpaired) electrons. The van der Waals surface area contributed by atoms with Gasteiger partial charge in [-0.05, 0) is 67.6 Å². The Morgan fingerprint density at radius 1 is 1.26 bits per heavy atom. The van der Waals surface area contributed by atoms with Gasteiger partial charge in [0.25, 0.3) is 0 Å².